The van der Waals surface area contributed by atoms with Crippen LogP contribution in [-0.4, -0.2) is 19.9 Å². The van der Waals surface area contributed by atoms with Gasteiger partial charge in [0, 0.05) is 0 Å². The number of hydrogen-bond acceptors (Lipinski definition) is 2. The van der Waals surface area contributed by atoms with Gasteiger partial charge in [0.15, 0.2) is 0 Å². The molecule has 0 amide bonds. The van der Waals surface area contributed by atoms with Crippen LogP contribution < -0.4 is 0 Å². The maximum absolute atomic E-state index is 8.91. The van der Waals surface area contributed by atoms with Crippen molar-refractivity contribution in [3.05, 3.63) is 6.92 Å². The monoisotopic (exact) mass is 305 g/mol. The van der Waals surface area contributed by atoms with Crippen molar-refractivity contribution >= 4 is 0 Å². The van der Waals surface area contributed by atoms with Gasteiger partial charge in [0.25, 0.3) is 0 Å². The SMILES string of the molecule is [CH2]C(O)[CH](O)[Hg][CH2]C. The first-order valence-corrected chi connectivity index (χ1v) is 9.93. The Morgan fingerprint density at radius 3 is 2.25 bits per heavy atom. The van der Waals surface area contributed by atoms with Gasteiger partial charge < -0.3 is 0 Å². The van der Waals surface area contributed by atoms with Crippen LogP contribution >= 0.6 is 0 Å². The Labute approximate surface area is 62.3 Å². The quantitative estimate of drug-likeness (QED) is 0.722. The normalized spacial score (nSPS) is 17.0. The van der Waals surface area contributed by atoms with E-state index in [2.05, 4.69) is 6.92 Å². The average Bonchev–Trinajstić information content (AvgIpc) is 1.67. The molecule has 0 bridgehead atoms. The molecule has 1 radical (unpaired) electrons. The van der Waals surface area contributed by atoms with Crippen molar-refractivity contribution in [1.29, 1.82) is 0 Å². The molecular formula is C5H11HgO2. The number of aliphatic hydroxyl groups is 2. The third-order valence-corrected chi connectivity index (χ3v) is 7.69. The van der Waals surface area contributed by atoms with Crippen LogP contribution in [0.5, 0.6) is 0 Å². The fraction of sp³-hybridized carbons (Fsp3) is 0.800. The summed E-state index contributed by atoms with van der Waals surface area (Å²) in [6.07, 6.45) is -0.725. The molecule has 0 aromatic rings. The Morgan fingerprint density at radius 2 is 2.12 bits per heavy atom. The molecule has 2 atom stereocenters. The molecule has 2 nitrogen and oxygen atoms in total. The van der Waals surface area contributed by atoms with Gasteiger partial charge in [0.1, 0.15) is 0 Å². The van der Waals surface area contributed by atoms with E-state index in [1.807, 2.05) is 6.92 Å². The van der Waals surface area contributed by atoms with Gasteiger partial charge in [-0.05, 0) is 0 Å². The van der Waals surface area contributed by atoms with Crippen molar-refractivity contribution in [2.75, 3.05) is 0 Å². The summed E-state index contributed by atoms with van der Waals surface area (Å²) in [6, 6.07) is 0. The first-order valence-electron chi connectivity index (χ1n) is 2.87. The second-order valence-electron chi connectivity index (χ2n) is 1.92. The third-order valence-electron chi connectivity index (χ3n) is 1.03. The van der Waals surface area contributed by atoms with Crippen LogP contribution in [0, 0.1) is 6.92 Å². The van der Waals surface area contributed by atoms with Gasteiger partial charge >= 0.3 is 62.3 Å². The number of rotatable bonds is 3. The van der Waals surface area contributed by atoms with Gasteiger partial charge in [-0.25, -0.2) is 0 Å². The number of aliphatic hydroxyl groups excluding tert-OH is 2. The van der Waals surface area contributed by atoms with Crippen molar-refractivity contribution in [1.82, 2.24) is 0 Å². The molecule has 2 N–H and O–H groups in total. The predicted octanol–water partition coefficient (Wildman–Crippen LogP) is 0.0205. The molecule has 45 valence electrons. The molecule has 0 heterocycles. The molecule has 3 heteroatoms. The molecule has 0 rings (SSSR count). The van der Waals surface area contributed by atoms with Crippen LogP contribution in [0.4, 0.5) is 0 Å². The zero-order chi connectivity index (χ0) is 6.57. The predicted molar refractivity (Wildman–Crippen MR) is 27.9 cm³/mol. The molecule has 0 aliphatic carbocycles. The Bertz CT molecular complexity index is 56.4. The topological polar surface area (TPSA) is 40.5 Å². The standard InChI is InChI=1S/C3H6O2.C2H5.Hg/c1-3(5)2-4;1-2;/h2-5H,1H2;1H2,2H3;. The molecule has 0 spiro atoms. The van der Waals surface area contributed by atoms with E-state index in [0.29, 0.717) is 0 Å². The van der Waals surface area contributed by atoms with Crippen molar-refractivity contribution in [3.8, 4) is 0 Å². The Morgan fingerprint density at radius 1 is 1.62 bits per heavy atom. The van der Waals surface area contributed by atoms with E-state index in [-0.39, 0.29) is 0 Å². The Kier molecular flexibility index (Phi) is 5.21. The van der Waals surface area contributed by atoms with Crippen LogP contribution in [0.15, 0.2) is 0 Å². The zero-order valence-corrected chi connectivity index (χ0v) is 10.7. The van der Waals surface area contributed by atoms with Gasteiger partial charge in [-0.2, -0.15) is 0 Å². The van der Waals surface area contributed by atoms with E-state index in [0.717, 1.165) is 3.93 Å². The van der Waals surface area contributed by atoms with Crippen LogP contribution in [-0.2, 0) is 24.6 Å². The van der Waals surface area contributed by atoms with E-state index >= 15 is 0 Å². The molecule has 2 unspecified atom stereocenters. The molecule has 0 aromatic carbocycles. The van der Waals surface area contributed by atoms with Gasteiger partial charge in [0.05, 0.1) is 0 Å². The maximum atomic E-state index is 8.91. The van der Waals surface area contributed by atoms with Crippen molar-refractivity contribution in [2.45, 2.75) is 20.6 Å². The summed E-state index contributed by atoms with van der Waals surface area (Å²) in [5, 5.41) is 17.6. The molecule has 0 fully saturated rings. The molecule has 0 saturated carbocycles. The third kappa shape index (κ3) is 3.81. The molecule has 0 aliphatic rings. The Balaban J connectivity index is 3.17. The van der Waals surface area contributed by atoms with Crippen LogP contribution in [0.25, 0.3) is 0 Å². The average molecular weight is 304 g/mol. The van der Waals surface area contributed by atoms with Crippen LogP contribution in [0.3, 0.4) is 0 Å². The van der Waals surface area contributed by atoms with E-state index < -0.39 is 34.3 Å². The summed E-state index contributed by atoms with van der Waals surface area (Å²) >= 11 is -1.11. The summed E-state index contributed by atoms with van der Waals surface area (Å²) < 4.78 is 0.688. The molecule has 8 heavy (non-hydrogen) atoms. The minimum absolute atomic E-state index is 0.417. The molecule has 0 aromatic heterocycles. The van der Waals surface area contributed by atoms with Gasteiger partial charge in [0.2, 0.25) is 0 Å². The van der Waals surface area contributed by atoms with Crippen molar-refractivity contribution in [3.63, 3.8) is 0 Å². The summed E-state index contributed by atoms with van der Waals surface area (Å²) in [6.45, 7) is 5.37. The van der Waals surface area contributed by atoms with Crippen molar-refractivity contribution < 1.29 is 34.8 Å². The van der Waals surface area contributed by atoms with E-state index in [4.69, 9.17) is 10.2 Å². The Hall–Kier alpha value is 0.855. The summed E-state index contributed by atoms with van der Waals surface area (Å²) in [4.78, 5) is 0. The fourth-order valence-electron chi connectivity index (χ4n) is 0.488. The van der Waals surface area contributed by atoms with E-state index in [1.54, 1.807) is 0 Å². The summed E-state index contributed by atoms with van der Waals surface area (Å²) in [7, 11) is 0. The summed E-state index contributed by atoms with van der Waals surface area (Å²) in [5.74, 6) is 0. The van der Waals surface area contributed by atoms with Gasteiger partial charge in [-0.3, -0.25) is 0 Å². The minimum atomic E-state index is -1.11. The van der Waals surface area contributed by atoms with Crippen LogP contribution in [0.1, 0.15) is 6.92 Å². The van der Waals surface area contributed by atoms with Crippen LogP contribution in [0.2, 0.25) is 3.93 Å². The van der Waals surface area contributed by atoms with Crippen molar-refractivity contribution in [2.24, 2.45) is 0 Å². The first-order chi connectivity index (χ1) is 3.68. The summed E-state index contributed by atoms with van der Waals surface area (Å²) in [5.41, 5.74) is 0. The first kappa shape index (κ1) is 8.86. The fourth-order valence-corrected chi connectivity index (χ4v) is 4.28. The van der Waals surface area contributed by atoms with E-state index in [9.17, 15) is 0 Å². The molecule has 0 aliphatic heterocycles. The van der Waals surface area contributed by atoms with E-state index in [1.165, 1.54) is 0 Å². The number of hydrogen-bond donors (Lipinski definition) is 2. The van der Waals surface area contributed by atoms with Gasteiger partial charge in [-0.1, -0.05) is 0 Å². The van der Waals surface area contributed by atoms with Gasteiger partial charge in [-0.15, -0.1) is 0 Å². The second kappa shape index (κ2) is 4.71. The molecule has 0 saturated heterocycles. The zero-order valence-electron chi connectivity index (χ0n) is 5.17. The second-order valence-corrected chi connectivity index (χ2v) is 11.3. The molecular weight excluding hydrogens is 293 g/mol.